The predicted octanol–water partition coefficient (Wildman–Crippen LogP) is -1.37. The number of nitrogens with zero attached hydrogens (tertiary/aromatic N) is 1. The molecular weight excluding hydrogens is 444 g/mol. The quantitative estimate of drug-likeness (QED) is 0.570. The summed E-state index contributed by atoms with van der Waals surface area (Å²) in [5, 5.41) is 3.07. The van der Waals surface area contributed by atoms with Crippen molar-refractivity contribution in [2.75, 3.05) is 37.2 Å². The molecule has 0 saturated carbocycles. The van der Waals surface area contributed by atoms with Gasteiger partial charge in [-0.05, 0) is 12.1 Å². The fourth-order valence-corrected chi connectivity index (χ4v) is 10.5. The van der Waals surface area contributed by atoms with Crippen molar-refractivity contribution in [2.45, 2.75) is 29.1 Å². The Hall–Kier alpha value is -1.41. The van der Waals surface area contributed by atoms with Crippen molar-refractivity contribution in [3.63, 3.8) is 0 Å². The molecule has 0 aromatic heterocycles. The molecule has 13 heteroatoms. The second-order valence-electron chi connectivity index (χ2n) is 7.52. The monoisotopic (exact) mass is 466 g/mol. The first-order valence-electron chi connectivity index (χ1n) is 8.90. The van der Waals surface area contributed by atoms with Crippen molar-refractivity contribution in [1.82, 2.24) is 9.62 Å². The number of benzene rings is 1. The minimum Gasteiger partial charge on any atom is -0.497 e. The Morgan fingerprint density at radius 1 is 0.931 bits per heavy atom. The van der Waals surface area contributed by atoms with E-state index in [4.69, 9.17) is 9.47 Å². The van der Waals surface area contributed by atoms with Crippen molar-refractivity contribution >= 4 is 29.7 Å². The van der Waals surface area contributed by atoms with E-state index in [1.54, 1.807) is 0 Å². The molecule has 1 N–H and O–H groups in total. The number of hydrogen-bond acceptors (Lipinski definition) is 9. The highest BCUT2D eigenvalue weighted by atomic mass is 32.2. The van der Waals surface area contributed by atoms with Crippen LogP contribution in [0.15, 0.2) is 23.1 Å². The van der Waals surface area contributed by atoms with Gasteiger partial charge in [0.25, 0.3) is 0 Å². The molecule has 3 aliphatic rings. The molecule has 29 heavy (non-hydrogen) atoms. The summed E-state index contributed by atoms with van der Waals surface area (Å²) < 4.78 is 87.7. The topological polar surface area (TPSA) is 136 Å². The van der Waals surface area contributed by atoms with Gasteiger partial charge in [0.05, 0.1) is 49.3 Å². The van der Waals surface area contributed by atoms with Crippen LogP contribution in [0, 0.1) is 0 Å². The fraction of sp³-hybridized carbons (Fsp3) is 0.625. The number of nitrogens with one attached hydrogen (secondary N) is 1. The Bertz CT molecular complexity index is 1100. The Morgan fingerprint density at radius 2 is 1.48 bits per heavy atom. The molecule has 0 unspecified atom stereocenters. The van der Waals surface area contributed by atoms with Crippen LogP contribution in [0.5, 0.6) is 11.5 Å². The van der Waals surface area contributed by atoms with Gasteiger partial charge in [0.1, 0.15) is 16.4 Å². The first-order valence-corrected chi connectivity index (χ1v) is 14.0. The van der Waals surface area contributed by atoms with Gasteiger partial charge >= 0.3 is 0 Å². The maximum atomic E-state index is 13.7. The lowest BCUT2D eigenvalue weighted by Crippen LogP contribution is -2.67. The van der Waals surface area contributed by atoms with Gasteiger partial charge in [0.2, 0.25) is 10.0 Å². The number of methoxy groups -OCH3 is 2. The zero-order valence-corrected chi connectivity index (χ0v) is 18.3. The van der Waals surface area contributed by atoms with Crippen molar-refractivity contribution < 1.29 is 34.7 Å². The van der Waals surface area contributed by atoms with E-state index in [9.17, 15) is 25.3 Å². The van der Waals surface area contributed by atoms with E-state index in [0.717, 1.165) is 4.31 Å². The molecule has 162 valence electrons. The number of sulfone groups is 2. The molecule has 0 aliphatic carbocycles. The first-order chi connectivity index (χ1) is 13.5. The zero-order chi connectivity index (χ0) is 21.2. The van der Waals surface area contributed by atoms with Gasteiger partial charge in [-0.1, -0.05) is 0 Å². The number of rotatable bonds is 4. The van der Waals surface area contributed by atoms with Crippen molar-refractivity contribution in [3.05, 3.63) is 18.2 Å². The molecule has 10 nitrogen and oxygen atoms in total. The smallest absolute Gasteiger partial charge is 0.247 e. The van der Waals surface area contributed by atoms with Gasteiger partial charge in [0.15, 0.2) is 19.7 Å². The summed E-state index contributed by atoms with van der Waals surface area (Å²) in [6, 6.07) is 1.12. The number of fused-ring (bicyclic) bond motifs is 2. The molecule has 3 fully saturated rings. The number of piperazine rings is 1. The number of ether oxygens (including phenoxy) is 2. The van der Waals surface area contributed by atoms with Crippen LogP contribution in [0.4, 0.5) is 0 Å². The standard InChI is InChI=1S/C16H22N2O8S3/c1-25-10-3-4-16(15(5-10)26-2)29(23,24)18-13-8-27(19,20)6-11(13)17-12-7-28(21,22)9-14(12)18/h3-5,11-14,17H,6-9H2,1-2H3/t11-,12-,13+,14+/m0/s1. The summed E-state index contributed by atoms with van der Waals surface area (Å²) in [4.78, 5) is -0.159. The van der Waals surface area contributed by atoms with E-state index in [1.165, 1.54) is 32.4 Å². The number of hydrogen-bond donors (Lipinski definition) is 1. The first kappa shape index (κ1) is 20.8. The molecule has 0 radical (unpaired) electrons. The van der Waals surface area contributed by atoms with Crippen molar-refractivity contribution in [2.24, 2.45) is 0 Å². The summed E-state index contributed by atoms with van der Waals surface area (Å²) in [5.41, 5.74) is 0. The fourth-order valence-electron chi connectivity index (χ4n) is 4.46. The van der Waals surface area contributed by atoms with Crippen LogP contribution >= 0.6 is 0 Å². The Kier molecular flexibility index (Phi) is 4.89. The average Bonchev–Trinajstić information content (AvgIpc) is 3.10. The summed E-state index contributed by atoms with van der Waals surface area (Å²) >= 11 is 0. The average molecular weight is 467 g/mol. The summed E-state index contributed by atoms with van der Waals surface area (Å²) in [6.45, 7) is 0. The largest absolute Gasteiger partial charge is 0.497 e. The van der Waals surface area contributed by atoms with E-state index in [1.807, 2.05) is 0 Å². The molecule has 3 saturated heterocycles. The minimum atomic E-state index is -4.25. The Labute approximate surface area is 170 Å². The van der Waals surface area contributed by atoms with Gasteiger partial charge < -0.3 is 14.8 Å². The third kappa shape index (κ3) is 3.52. The van der Waals surface area contributed by atoms with E-state index >= 15 is 0 Å². The SMILES string of the molecule is COc1ccc(S(=O)(=O)N2[C@@H]3CS(=O)(=O)C[C@@H]3N[C@H]3CS(=O)(=O)C[C@H]32)c(OC)c1. The van der Waals surface area contributed by atoms with Gasteiger partial charge in [-0.25, -0.2) is 25.3 Å². The Morgan fingerprint density at radius 3 is 1.97 bits per heavy atom. The lowest BCUT2D eigenvalue weighted by Gasteiger charge is -2.43. The van der Waals surface area contributed by atoms with Gasteiger partial charge in [0, 0.05) is 18.2 Å². The lowest BCUT2D eigenvalue weighted by molar-refractivity contribution is 0.160. The molecule has 3 heterocycles. The van der Waals surface area contributed by atoms with Gasteiger partial charge in [-0.3, -0.25) is 0 Å². The van der Waals surface area contributed by atoms with Crippen LogP contribution in [-0.4, -0.2) is 91.0 Å². The van der Waals surface area contributed by atoms with Crippen LogP contribution in [0.3, 0.4) is 0 Å². The Balaban J connectivity index is 1.85. The molecule has 1 aromatic carbocycles. The van der Waals surface area contributed by atoms with Crippen molar-refractivity contribution in [1.29, 1.82) is 0 Å². The van der Waals surface area contributed by atoms with Crippen LogP contribution in [-0.2, 0) is 29.7 Å². The van der Waals surface area contributed by atoms with Gasteiger partial charge in [-0.15, -0.1) is 0 Å². The third-order valence-corrected chi connectivity index (χ3v) is 11.1. The minimum absolute atomic E-state index is 0.0395. The highest BCUT2D eigenvalue weighted by Crippen LogP contribution is 2.39. The molecule has 0 amide bonds. The molecule has 4 rings (SSSR count). The van der Waals surface area contributed by atoms with Crippen LogP contribution in [0.25, 0.3) is 0 Å². The van der Waals surface area contributed by atoms with E-state index in [2.05, 4.69) is 5.32 Å². The molecule has 0 spiro atoms. The third-order valence-electron chi connectivity index (χ3n) is 5.65. The number of sulfonamides is 1. The van der Waals surface area contributed by atoms with E-state index in [0.29, 0.717) is 5.75 Å². The summed E-state index contributed by atoms with van der Waals surface area (Å²) in [7, 11) is -8.43. The normalized spacial score (nSPS) is 33.0. The summed E-state index contributed by atoms with van der Waals surface area (Å²) in [5.74, 6) is -0.738. The van der Waals surface area contributed by atoms with Gasteiger partial charge in [-0.2, -0.15) is 4.31 Å². The molecule has 4 atom stereocenters. The predicted molar refractivity (Wildman–Crippen MR) is 104 cm³/mol. The van der Waals surface area contributed by atoms with Crippen molar-refractivity contribution in [3.8, 4) is 11.5 Å². The maximum absolute atomic E-state index is 13.7. The molecule has 0 bridgehead atoms. The highest BCUT2D eigenvalue weighted by molar-refractivity contribution is 7.92. The summed E-state index contributed by atoms with van der Waals surface area (Å²) in [6.07, 6.45) is 0. The van der Waals surface area contributed by atoms with Crippen LogP contribution < -0.4 is 14.8 Å². The van der Waals surface area contributed by atoms with E-state index < -0.39 is 53.9 Å². The zero-order valence-electron chi connectivity index (χ0n) is 15.8. The lowest BCUT2D eigenvalue weighted by atomic mass is 10.0. The highest BCUT2D eigenvalue weighted by Gasteiger charge is 2.57. The van der Waals surface area contributed by atoms with Crippen LogP contribution in [0.2, 0.25) is 0 Å². The second-order valence-corrected chi connectivity index (χ2v) is 13.6. The molecular formula is C16H22N2O8S3. The van der Waals surface area contributed by atoms with Crippen LogP contribution in [0.1, 0.15) is 0 Å². The maximum Gasteiger partial charge on any atom is 0.247 e. The molecule has 3 aliphatic heterocycles. The van der Waals surface area contributed by atoms with E-state index in [-0.39, 0.29) is 33.7 Å². The second kappa shape index (κ2) is 6.80. The molecule has 1 aromatic rings.